The standard InChI is InChI=1S/C21H19N7O3/c29-19(7-4-8-20-22-13-18(31-20)15-5-2-1-3-6-15)24-25-21(30)16-9-11-17(12-10-16)28-14-23-26-27-28/h1-3,5-6,9-14H,4,7-8H2,(H,24,29)(H,25,30). The zero-order chi connectivity index (χ0) is 21.5. The first-order valence-electron chi connectivity index (χ1n) is 9.62. The van der Waals surface area contributed by atoms with Gasteiger partial charge < -0.3 is 4.42 Å². The summed E-state index contributed by atoms with van der Waals surface area (Å²) in [5.41, 5.74) is 6.88. The molecule has 31 heavy (non-hydrogen) atoms. The first-order chi connectivity index (χ1) is 15.2. The van der Waals surface area contributed by atoms with Crippen LogP contribution in [0.4, 0.5) is 0 Å². The molecule has 0 spiro atoms. The fraction of sp³-hybridized carbons (Fsp3) is 0.143. The van der Waals surface area contributed by atoms with Gasteiger partial charge in [0, 0.05) is 24.0 Å². The van der Waals surface area contributed by atoms with Crippen molar-refractivity contribution in [1.29, 1.82) is 0 Å². The highest BCUT2D eigenvalue weighted by molar-refractivity contribution is 5.95. The summed E-state index contributed by atoms with van der Waals surface area (Å²) < 4.78 is 7.19. The number of aryl methyl sites for hydroxylation is 1. The fourth-order valence-electron chi connectivity index (χ4n) is 2.87. The van der Waals surface area contributed by atoms with E-state index < -0.39 is 5.91 Å². The van der Waals surface area contributed by atoms with Crippen LogP contribution in [0.25, 0.3) is 17.0 Å². The normalized spacial score (nSPS) is 10.6. The summed E-state index contributed by atoms with van der Waals surface area (Å²) in [6, 6.07) is 16.3. The third kappa shape index (κ3) is 5.18. The monoisotopic (exact) mass is 417 g/mol. The largest absolute Gasteiger partial charge is 0.441 e. The van der Waals surface area contributed by atoms with Crippen molar-refractivity contribution in [3.05, 3.63) is 78.6 Å². The highest BCUT2D eigenvalue weighted by atomic mass is 16.4. The number of hydrogen-bond acceptors (Lipinski definition) is 7. The van der Waals surface area contributed by atoms with Gasteiger partial charge in [-0.2, -0.15) is 0 Å². The molecule has 0 saturated heterocycles. The van der Waals surface area contributed by atoms with Crippen LogP contribution < -0.4 is 10.9 Å². The molecule has 0 aliphatic carbocycles. The maximum absolute atomic E-state index is 12.2. The Hall–Kier alpha value is -4.34. The minimum absolute atomic E-state index is 0.224. The van der Waals surface area contributed by atoms with Crippen molar-refractivity contribution in [2.24, 2.45) is 0 Å². The van der Waals surface area contributed by atoms with Crippen LogP contribution in [0.2, 0.25) is 0 Å². The molecule has 0 bridgehead atoms. The minimum atomic E-state index is -0.420. The van der Waals surface area contributed by atoms with E-state index in [1.54, 1.807) is 30.5 Å². The quantitative estimate of drug-likeness (QED) is 0.441. The Labute approximate surface area is 177 Å². The Morgan fingerprint density at radius 2 is 1.81 bits per heavy atom. The van der Waals surface area contributed by atoms with Crippen LogP contribution in [0.1, 0.15) is 29.1 Å². The van der Waals surface area contributed by atoms with Crippen molar-refractivity contribution < 1.29 is 14.0 Å². The minimum Gasteiger partial charge on any atom is -0.441 e. The molecule has 4 rings (SSSR count). The molecule has 0 aliphatic heterocycles. The Morgan fingerprint density at radius 3 is 2.55 bits per heavy atom. The van der Waals surface area contributed by atoms with Gasteiger partial charge in [0.15, 0.2) is 11.7 Å². The Morgan fingerprint density at radius 1 is 1.00 bits per heavy atom. The molecule has 2 heterocycles. The number of oxazole rings is 1. The molecule has 0 aliphatic rings. The number of carbonyl (C=O) groups is 2. The lowest BCUT2D eigenvalue weighted by atomic mass is 10.2. The molecule has 2 aromatic heterocycles. The zero-order valence-corrected chi connectivity index (χ0v) is 16.4. The number of aromatic nitrogens is 5. The lowest BCUT2D eigenvalue weighted by Crippen LogP contribution is -2.41. The van der Waals surface area contributed by atoms with Crippen molar-refractivity contribution in [3.63, 3.8) is 0 Å². The third-order valence-electron chi connectivity index (χ3n) is 4.46. The lowest BCUT2D eigenvalue weighted by Gasteiger charge is -2.07. The molecule has 0 atom stereocenters. The van der Waals surface area contributed by atoms with E-state index >= 15 is 0 Å². The number of hydrogen-bond donors (Lipinski definition) is 2. The SMILES string of the molecule is O=C(CCCc1ncc(-c2ccccc2)o1)NNC(=O)c1ccc(-n2cnnn2)cc1. The zero-order valence-electron chi connectivity index (χ0n) is 16.4. The Balaban J connectivity index is 1.20. The maximum Gasteiger partial charge on any atom is 0.269 e. The molecule has 156 valence electrons. The summed E-state index contributed by atoms with van der Waals surface area (Å²) in [4.78, 5) is 28.4. The van der Waals surface area contributed by atoms with E-state index in [2.05, 4.69) is 31.4 Å². The van der Waals surface area contributed by atoms with E-state index in [1.807, 2.05) is 30.3 Å². The summed E-state index contributed by atoms with van der Waals surface area (Å²) in [7, 11) is 0. The highest BCUT2D eigenvalue weighted by Gasteiger charge is 2.10. The first kappa shape index (κ1) is 20.0. The average molecular weight is 417 g/mol. The van der Waals surface area contributed by atoms with Gasteiger partial charge in [-0.3, -0.25) is 20.4 Å². The smallest absolute Gasteiger partial charge is 0.269 e. The van der Waals surface area contributed by atoms with E-state index in [0.29, 0.717) is 35.7 Å². The van der Waals surface area contributed by atoms with Gasteiger partial charge in [-0.05, 0) is 41.1 Å². The molecule has 4 aromatic rings. The molecule has 2 aromatic carbocycles. The molecule has 0 radical (unpaired) electrons. The number of benzene rings is 2. The van der Waals surface area contributed by atoms with Crippen molar-refractivity contribution in [2.45, 2.75) is 19.3 Å². The number of amides is 2. The number of nitrogens with zero attached hydrogens (tertiary/aromatic N) is 5. The van der Waals surface area contributed by atoms with Crippen LogP contribution >= 0.6 is 0 Å². The average Bonchev–Trinajstić information content (AvgIpc) is 3.51. The first-order valence-corrected chi connectivity index (χ1v) is 9.62. The van der Waals surface area contributed by atoms with Gasteiger partial charge in [-0.25, -0.2) is 9.67 Å². The maximum atomic E-state index is 12.2. The van der Waals surface area contributed by atoms with E-state index in [4.69, 9.17) is 4.42 Å². The second-order valence-corrected chi connectivity index (χ2v) is 6.64. The van der Waals surface area contributed by atoms with Crippen molar-refractivity contribution in [3.8, 4) is 17.0 Å². The lowest BCUT2D eigenvalue weighted by molar-refractivity contribution is -0.121. The van der Waals surface area contributed by atoms with Crippen LogP contribution in [0.5, 0.6) is 0 Å². The molecule has 10 nitrogen and oxygen atoms in total. The number of carbonyl (C=O) groups excluding carboxylic acids is 2. The van der Waals surface area contributed by atoms with Crippen molar-refractivity contribution >= 4 is 11.8 Å². The van der Waals surface area contributed by atoms with Crippen molar-refractivity contribution in [1.82, 2.24) is 36.0 Å². The van der Waals surface area contributed by atoms with Gasteiger partial charge in [0.1, 0.15) is 6.33 Å². The molecular weight excluding hydrogens is 398 g/mol. The highest BCUT2D eigenvalue weighted by Crippen LogP contribution is 2.20. The molecular formula is C21H19N7O3. The van der Waals surface area contributed by atoms with Gasteiger partial charge in [0.25, 0.3) is 5.91 Å². The van der Waals surface area contributed by atoms with E-state index in [0.717, 1.165) is 5.56 Å². The summed E-state index contributed by atoms with van der Waals surface area (Å²) in [6.07, 6.45) is 4.41. The number of hydrazine groups is 1. The predicted molar refractivity (Wildman–Crippen MR) is 110 cm³/mol. The van der Waals surface area contributed by atoms with Crippen LogP contribution in [-0.4, -0.2) is 37.0 Å². The van der Waals surface area contributed by atoms with Gasteiger partial charge >= 0.3 is 0 Å². The van der Waals surface area contributed by atoms with E-state index in [9.17, 15) is 9.59 Å². The second-order valence-electron chi connectivity index (χ2n) is 6.64. The van der Waals surface area contributed by atoms with Crippen molar-refractivity contribution in [2.75, 3.05) is 0 Å². The summed E-state index contributed by atoms with van der Waals surface area (Å²) >= 11 is 0. The molecule has 0 unspecified atom stereocenters. The summed E-state index contributed by atoms with van der Waals surface area (Å²) in [5, 5.41) is 10.9. The van der Waals surface area contributed by atoms with Crippen LogP contribution in [0, 0.1) is 0 Å². The van der Waals surface area contributed by atoms with Crippen LogP contribution in [-0.2, 0) is 11.2 Å². The number of rotatable bonds is 7. The molecule has 2 N–H and O–H groups in total. The van der Waals surface area contributed by atoms with Gasteiger partial charge in [-0.1, -0.05) is 30.3 Å². The van der Waals surface area contributed by atoms with Gasteiger partial charge in [-0.15, -0.1) is 5.10 Å². The molecule has 10 heteroatoms. The molecule has 2 amide bonds. The molecule has 0 fully saturated rings. The predicted octanol–water partition coefficient (Wildman–Crippen LogP) is 2.10. The van der Waals surface area contributed by atoms with Gasteiger partial charge in [0.2, 0.25) is 5.91 Å². The van der Waals surface area contributed by atoms with E-state index in [1.165, 1.54) is 11.0 Å². The Bertz CT molecular complexity index is 1140. The van der Waals surface area contributed by atoms with E-state index in [-0.39, 0.29) is 12.3 Å². The summed E-state index contributed by atoms with van der Waals surface area (Å²) in [6.45, 7) is 0. The van der Waals surface area contributed by atoms with Gasteiger partial charge in [0.05, 0.1) is 11.9 Å². The van der Waals surface area contributed by atoms with Crippen LogP contribution in [0.3, 0.4) is 0 Å². The van der Waals surface area contributed by atoms with Crippen LogP contribution in [0.15, 0.2) is 71.5 Å². The second kappa shape index (κ2) is 9.44. The number of tetrazole rings is 1. The Kier molecular flexibility index (Phi) is 6.08. The third-order valence-corrected chi connectivity index (χ3v) is 4.46. The fourth-order valence-corrected chi connectivity index (χ4v) is 2.87. The molecule has 0 saturated carbocycles. The number of nitrogens with one attached hydrogen (secondary N) is 2. The summed E-state index contributed by atoms with van der Waals surface area (Å²) in [5.74, 6) is 0.544. The topological polar surface area (TPSA) is 128 Å².